The highest BCUT2D eigenvalue weighted by Crippen LogP contribution is 2.19. The van der Waals surface area contributed by atoms with Crippen molar-refractivity contribution in [1.29, 1.82) is 0 Å². The quantitative estimate of drug-likeness (QED) is 0.686. The number of carbonyl (C=O) groups excluding carboxylic acids is 2. The number of hydrogen-bond donors (Lipinski definition) is 3. The number of aromatic nitrogens is 2. The minimum absolute atomic E-state index is 0.00322. The van der Waals surface area contributed by atoms with Gasteiger partial charge in [-0.05, 0) is 31.8 Å². The Kier molecular flexibility index (Phi) is 3.92. The van der Waals surface area contributed by atoms with Gasteiger partial charge >= 0.3 is 0 Å². The van der Waals surface area contributed by atoms with Crippen LogP contribution in [0.2, 0.25) is 0 Å². The topological polar surface area (TPSA) is 88.0 Å². The second-order valence-corrected chi connectivity index (χ2v) is 5.96. The summed E-state index contributed by atoms with van der Waals surface area (Å²) in [7, 11) is 0. The van der Waals surface area contributed by atoms with Gasteiger partial charge in [0.25, 0.3) is 0 Å². The first-order chi connectivity index (χ1) is 10.1. The molecule has 1 aliphatic carbocycles. The fourth-order valence-corrected chi connectivity index (χ4v) is 2.30. The Hall–Kier alpha value is -1.89. The van der Waals surface area contributed by atoms with Gasteiger partial charge in [-0.3, -0.25) is 14.3 Å². The molecule has 3 rings (SSSR count). The molecule has 0 bridgehead atoms. The van der Waals surface area contributed by atoms with Crippen LogP contribution in [0.5, 0.6) is 0 Å². The average Bonchev–Trinajstić information content (AvgIpc) is 3.07. The molecular formula is C14H21N5O2. The van der Waals surface area contributed by atoms with Crippen molar-refractivity contribution < 1.29 is 9.59 Å². The van der Waals surface area contributed by atoms with Gasteiger partial charge in [0.05, 0.1) is 11.9 Å². The highest BCUT2D eigenvalue weighted by Gasteiger charge is 2.29. The van der Waals surface area contributed by atoms with Gasteiger partial charge in [-0.15, -0.1) is 0 Å². The lowest BCUT2D eigenvalue weighted by Gasteiger charge is -2.31. The zero-order valence-corrected chi connectivity index (χ0v) is 12.1. The molecule has 3 N–H and O–H groups in total. The maximum absolute atomic E-state index is 12.1. The van der Waals surface area contributed by atoms with Gasteiger partial charge < -0.3 is 16.0 Å². The molecule has 0 radical (unpaired) electrons. The third-order valence-corrected chi connectivity index (χ3v) is 4.08. The van der Waals surface area contributed by atoms with Gasteiger partial charge in [-0.1, -0.05) is 6.92 Å². The van der Waals surface area contributed by atoms with Crippen LogP contribution in [0.3, 0.4) is 0 Å². The molecule has 2 heterocycles. The van der Waals surface area contributed by atoms with E-state index in [1.165, 1.54) is 0 Å². The van der Waals surface area contributed by atoms with Gasteiger partial charge in [0, 0.05) is 18.2 Å². The molecule has 1 unspecified atom stereocenters. The summed E-state index contributed by atoms with van der Waals surface area (Å²) < 4.78 is 1.54. The van der Waals surface area contributed by atoms with Crippen molar-refractivity contribution in [3.8, 4) is 0 Å². The Labute approximate surface area is 123 Å². The van der Waals surface area contributed by atoms with Crippen LogP contribution >= 0.6 is 0 Å². The predicted octanol–water partition coefficient (Wildman–Crippen LogP) is -0.0443. The molecule has 0 spiro atoms. The third-order valence-electron chi connectivity index (χ3n) is 4.08. The third kappa shape index (κ3) is 3.60. The van der Waals surface area contributed by atoms with Crippen molar-refractivity contribution in [2.24, 2.45) is 11.8 Å². The monoisotopic (exact) mass is 291 g/mol. The van der Waals surface area contributed by atoms with Crippen molar-refractivity contribution in [2.45, 2.75) is 32.4 Å². The number of rotatable bonds is 6. The molecule has 2 fully saturated rings. The predicted molar refractivity (Wildman–Crippen MR) is 77.5 cm³/mol. The molecule has 7 heteroatoms. The number of nitrogens with zero attached hydrogens (tertiary/aromatic N) is 2. The van der Waals surface area contributed by atoms with E-state index in [-0.39, 0.29) is 24.3 Å². The number of anilines is 1. The molecular weight excluding hydrogens is 270 g/mol. The summed E-state index contributed by atoms with van der Waals surface area (Å²) in [5, 5.41) is 13.0. The minimum atomic E-state index is -0.0348. The first kappa shape index (κ1) is 14.1. The Balaban J connectivity index is 1.49. The number of hydrogen-bond acceptors (Lipinski definition) is 4. The van der Waals surface area contributed by atoms with Crippen LogP contribution in [0.15, 0.2) is 12.4 Å². The first-order valence-electron chi connectivity index (χ1n) is 7.45. The molecule has 1 atom stereocenters. The van der Waals surface area contributed by atoms with E-state index in [0.717, 1.165) is 25.9 Å². The fourth-order valence-electron chi connectivity index (χ4n) is 2.30. The molecule has 2 aliphatic rings. The second kappa shape index (κ2) is 5.85. The highest BCUT2D eigenvalue weighted by atomic mass is 16.2. The summed E-state index contributed by atoms with van der Waals surface area (Å²) in [6.45, 7) is 3.92. The van der Waals surface area contributed by atoms with Gasteiger partial charge in [0.2, 0.25) is 11.8 Å². The fraction of sp³-hybridized carbons (Fsp3) is 0.643. The SMILES string of the molecule is CC(C(=O)Nc1cnn(CC(=O)NC2CC2)c1)C1CNC1. The van der Waals surface area contributed by atoms with Crippen molar-refractivity contribution in [3.63, 3.8) is 0 Å². The first-order valence-corrected chi connectivity index (χ1v) is 7.45. The summed E-state index contributed by atoms with van der Waals surface area (Å²) in [6, 6.07) is 0.351. The van der Waals surface area contributed by atoms with E-state index in [4.69, 9.17) is 0 Å². The summed E-state index contributed by atoms with van der Waals surface area (Å²) in [5.74, 6) is 0.355. The second-order valence-electron chi connectivity index (χ2n) is 5.96. The van der Waals surface area contributed by atoms with Crippen LogP contribution in [0, 0.1) is 11.8 Å². The van der Waals surface area contributed by atoms with Crippen molar-refractivity contribution in [2.75, 3.05) is 18.4 Å². The van der Waals surface area contributed by atoms with Crippen molar-refractivity contribution in [1.82, 2.24) is 20.4 Å². The zero-order chi connectivity index (χ0) is 14.8. The van der Waals surface area contributed by atoms with E-state index in [0.29, 0.717) is 17.6 Å². The van der Waals surface area contributed by atoms with Crippen molar-refractivity contribution >= 4 is 17.5 Å². The van der Waals surface area contributed by atoms with Crippen LogP contribution in [0.4, 0.5) is 5.69 Å². The Morgan fingerprint density at radius 2 is 2.24 bits per heavy atom. The maximum Gasteiger partial charge on any atom is 0.241 e. The average molecular weight is 291 g/mol. The summed E-state index contributed by atoms with van der Waals surface area (Å²) in [4.78, 5) is 23.7. The Morgan fingerprint density at radius 1 is 1.48 bits per heavy atom. The highest BCUT2D eigenvalue weighted by molar-refractivity contribution is 5.92. The number of carbonyl (C=O) groups is 2. The summed E-state index contributed by atoms with van der Waals surface area (Å²) >= 11 is 0. The van der Waals surface area contributed by atoms with Crippen LogP contribution < -0.4 is 16.0 Å². The minimum Gasteiger partial charge on any atom is -0.352 e. The van der Waals surface area contributed by atoms with Crippen LogP contribution in [0.1, 0.15) is 19.8 Å². The molecule has 0 aromatic carbocycles. The normalized spacial score (nSPS) is 19.7. The number of nitrogens with one attached hydrogen (secondary N) is 3. The van der Waals surface area contributed by atoms with Crippen LogP contribution in [-0.4, -0.2) is 40.7 Å². The molecule has 1 aromatic heterocycles. The molecule has 7 nitrogen and oxygen atoms in total. The molecule has 2 amide bonds. The van der Waals surface area contributed by atoms with Gasteiger partial charge in [-0.25, -0.2) is 0 Å². The molecule has 1 saturated carbocycles. The Morgan fingerprint density at radius 3 is 2.86 bits per heavy atom. The molecule has 1 aromatic rings. The molecule has 1 aliphatic heterocycles. The summed E-state index contributed by atoms with van der Waals surface area (Å²) in [6.07, 6.45) is 5.41. The Bertz CT molecular complexity index is 533. The van der Waals surface area contributed by atoms with E-state index < -0.39 is 0 Å². The smallest absolute Gasteiger partial charge is 0.241 e. The molecule has 1 saturated heterocycles. The van der Waals surface area contributed by atoms with E-state index in [1.807, 2.05) is 6.92 Å². The van der Waals surface area contributed by atoms with Crippen molar-refractivity contribution in [3.05, 3.63) is 12.4 Å². The van der Waals surface area contributed by atoms with E-state index in [1.54, 1.807) is 17.1 Å². The lowest BCUT2D eigenvalue weighted by Crippen LogP contribution is -2.48. The lowest BCUT2D eigenvalue weighted by atomic mass is 9.88. The van der Waals surface area contributed by atoms with Crippen LogP contribution in [0.25, 0.3) is 0 Å². The molecule has 21 heavy (non-hydrogen) atoms. The lowest BCUT2D eigenvalue weighted by molar-refractivity contribution is -0.122. The maximum atomic E-state index is 12.1. The summed E-state index contributed by atoms with van der Waals surface area (Å²) in [5.41, 5.74) is 0.637. The van der Waals surface area contributed by atoms with Gasteiger partial charge in [-0.2, -0.15) is 5.10 Å². The van der Waals surface area contributed by atoms with Gasteiger partial charge in [0.1, 0.15) is 6.54 Å². The molecule has 114 valence electrons. The van der Waals surface area contributed by atoms with E-state index in [9.17, 15) is 9.59 Å². The van der Waals surface area contributed by atoms with E-state index >= 15 is 0 Å². The largest absolute Gasteiger partial charge is 0.352 e. The van der Waals surface area contributed by atoms with Gasteiger partial charge in [0.15, 0.2) is 0 Å². The van der Waals surface area contributed by atoms with E-state index in [2.05, 4.69) is 21.0 Å². The number of amides is 2. The zero-order valence-electron chi connectivity index (χ0n) is 12.1. The standard InChI is InChI=1S/C14H21N5O2/c1-9(10-4-15-5-10)14(21)18-12-6-16-19(7-12)8-13(20)17-11-2-3-11/h6-7,9-11,15H,2-5,8H2,1H3,(H,17,20)(H,18,21). The van der Waals surface area contributed by atoms with Crippen LogP contribution in [-0.2, 0) is 16.1 Å².